The number of ether oxygens (including phenoxy) is 1. The first-order valence-corrected chi connectivity index (χ1v) is 10.9. The molecule has 26 heavy (non-hydrogen) atoms. The maximum Gasteiger partial charge on any atom is 0.407 e. The van der Waals surface area contributed by atoms with Gasteiger partial charge in [0.05, 0.1) is 0 Å². The molecular formula is C21H39N3O2. The van der Waals surface area contributed by atoms with Crippen LogP contribution < -0.4 is 5.32 Å². The van der Waals surface area contributed by atoms with Gasteiger partial charge in [-0.05, 0) is 46.5 Å². The number of carbonyl (C=O) groups is 1. The molecular weight excluding hydrogens is 326 g/mol. The molecule has 0 aromatic heterocycles. The van der Waals surface area contributed by atoms with Gasteiger partial charge in [-0.2, -0.15) is 0 Å². The van der Waals surface area contributed by atoms with Crippen molar-refractivity contribution >= 4 is 6.09 Å². The molecule has 1 amide bonds. The Hall–Kier alpha value is -0.810. The van der Waals surface area contributed by atoms with Gasteiger partial charge in [-0.3, -0.25) is 9.80 Å². The van der Waals surface area contributed by atoms with Crippen LogP contribution in [0.4, 0.5) is 4.79 Å². The first kappa shape index (κ1) is 19.9. The molecule has 5 nitrogen and oxygen atoms in total. The Bertz CT molecular complexity index is 449. The number of nitrogens with one attached hydrogen (secondary N) is 1. The van der Waals surface area contributed by atoms with Gasteiger partial charge in [0, 0.05) is 44.3 Å². The molecule has 3 fully saturated rings. The lowest BCUT2D eigenvalue weighted by Gasteiger charge is -2.46. The van der Waals surface area contributed by atoms with E-state index in [4.69, 9.17) is 4.74 Å². The van der Waals surface area contributed by atoms with Crippen LogP contribution in [-0.2, 0) is 4.74 Å². The molecule has 2 atom stereocenters. The molecule has 0 aromatic rings. The highest BCUT2D eigenvalue weighted by molar-refractivity contribution is 5.68. The summed E-state index contributed by atoms with van der Waals surface area (Å²) in [6, 6.07) is 1.54. The van der Waals surface area contributed by atoms with E-state index in [1.807, 2.05) is 20.8 Å². The third-order valence-corrected chi connectivity index (χ3v) is 6.34. The van der Waals surface area contributed by atoms with E-state index in [1.165, 1.54) is 64.5 Å². The van der Waals surface area contributed by atoms with Gasteiger partial charge in [0.25, 0.3) is 0 Å². The molecule has 5 heteroatoms. The van der Waals surface area contributed by atoms with Crippen molar-refractivity contribution in [2.75, 3.05) is 26.2 Å². The van der Waals surface area contributed by atoms with E-state index < -0.39 is 5.60 Å². The zero-order valence-electron chi connectivity index (χ0n) is 17.1. The van der Waals surface area contributed by atoms with Crippen LogP contribution in [0.2, 0.25) is 0 Å². The predicted octanol–water partition coefficient (Wildman–Crippen LogP) is 3.77. The Morgan fingerprint density at radius 3 is 2.08 bits per heavy atom. The molecule has 2 unspecified atom stereocenters. The average molecular weight is 366 g/mol. The average Bonchev–Trinajstić information content (AvgIpc) is 2.61. The molecule has 1 aliphatic heterocycles. The van der Waals surface area contributed by atoms with Crippen molar-refractivity contribution in [1.82, 2.24) is 15.1 Å². The molecule has 1 N–H and O–H groups in total. The van der Waals surface area contributed by atoms with Gasteiger partial charge in [0.2, 0.25) is 0 Å². The third kappa shape index (κ3) is 5.59. The van der Waals surface area contributed by atoms with E-state index in [2.05, 4.69) is 15.1 Å². The van der Waals surface area contributed by atoms with Crippen molar-refractivity contribution in [3.8, 4) is 0 Å². The van der Waals surface area contributed by atoms with Crippen LogP contribution in [0.1, 0.15) is 78.6 Å². The van der Waals surface area contributed by atoms with E-state index in [0.29, 0.717) is 6.04 Å². The predicted molar refractivity (Wildman–Crippen MR) is 105 cm³/mol. The zero-order chi connectivity index (χ0) is 18.6. The van der Waals surface area contributed by atoms with Crippen LogP contribution >= 0.6 is 0 Å². The summed E-state index contributed by atoms with van der Waals surface area (Å²) in [5.74, 6) is 0. The van der Waals surface area contributed by atoms with E-state index in [1.54, 1.807) is 0 Å². The number of carbonyl (C=O) groups excluding carboxylic acids is 1. The Kier molecular flexibility index (Phi) is 6.84. The van der Waals surface area contributed by atoms with Crippen LogP contribution in [0, 0.1) is 0 Å². The fourth-order valence-corrected chi connectivity index (χ4v) is 5.06. The molecule has 0 spiro atoms. The summed E-state index contributed by atoms with van der Waals surface area (Å²) in [6.07, 6.45) is 11.5. The zero-order valence-corrected chi connectivity index (χ0v) is 17.1. The van der Waals surface area contributed by atoms with Gasteiger partial charge >= 0.3 is 6.09 Å². The maximum atomic E-state index is 12.3. The summed E-state index contributed by atoms with van der Waals surface area (Å²) in [4.78, 5) is 17.6. The summed E-state index contributed by atoms with van der Waals surface area (Å²) in [7, 11) is 0. The fraction of sp³-hybridized carbons (Fsp3) is 0.952. The normalized spacial score (nSPS) is 30.1. The molecule has 0 bridgehead atoms. The van der Waals surface area contributed by atoms with Crippen LogP contribution in [0.3, 0.4) is 0 Å². The second-order valence-electron chi connectivity index (χ2n) is 9.47. The smallest absolute Gasteiger partial charge is 0.407 e. The Morgan fingerprint density at radius 1 is 0.846 bits per heavy atom. The van der Waals surface area contributed by atoms with Gasteiger partial charge in [-0.15, -0.1) is 0 Å². The summed E-state index contributed by atoms with van der Waals surface area (Å²) < 4.78 is 5.50. The Labute approximate surface area is 159 Å². The molecule has 2 saturated carbocycles. The third-order valence-electron chi connectivity index (χ3n) is 6.34. The van der Waals surface area contributed by atoms with Crippen molar-refractivity contribution < 1.29 is 9.53 Å². The largest absolute Gasteiger partial charge is 0.444 e. The number of piperazine rings is 1. The lowest BCUT2D eigenvalue weighted by Crippen LogP contribution is -2.59. The monoisotopic (exact) mass is 365 g/mol. The maximum absolute atomic E-state index is 12.3. The minimum atomic E-state index is -0.431. The summed E-state index contributed by atoms with van der Waals surface area (Å²) >= 11 is 0. The number of hydrogen-bond donors (Lipinski definition) is 1. The van der Waals surface area contributed by atoms with Crippen molar-refractivity contribution in [2.45, 2.75) is 102 Å². The molecule has 1 heterocycles. The van der Waals surface area contributed by atoms with Crippen LogP contribution in [0.25, 0.3) is 0 Å². The van der Waals surface area contributed by atoms with Crippen molar-refractivity contribution in [2.24, 2.45) is 0 Å². The van der Waals surface area contributed by atoms with Gasteiger partial charge in [0.1, 0.15) is 5.60 Å². The summed E-state index contributed by atoms with van der Waals surface area (Å²) in [5.41, 5.74) is -0.431. The first-order valence-electron chi connectivity index (χ1n) is 10.9. The van der Waals surface area contributed by atoms with Crippen LogP contribution in [0.5, 0.6) is 0 Å². The number of alkyl carbamates (subject to hydrolysis) is 1. The minimum absolute atomic E-state index is 0.236. The van der Waals surface area contributed by atoms with Gasteiger partial charge in [0.15, 0.2) is 0 Å². The van der Waals surface area contributed by atoms with Gasteiger partial charge < -0.3 is 10.1 Å². The quantitative estimate of drug-likeness (QED) is 0.827. The minimum Gasteiger partial charge on any atom is -0.444 e. The molecule has 1 saturated heterocycles. The molecule has 150 valence electrons. The second kappa shape index (κ2) is 8.92. The van der Waals surface area contributed by atoms with Crippen LogP contribution in [-0.4, -0.2) is 65.8 Å². The molecule has 0 aromatic carbocycles. The topological polar surface area (TPSA) is 44.8 Å². The summed E-state index contributed by atoms with van der Waals surface area (Å²) in [6.45, 7) is 10.5. The molecule has 2 aliphatic carbocycles. The standard InChI is InChI=1S/C21H39N3O2/c1-21(2,3)26-20(25)22-18-11-7-8-12-19(18)24-15-13-23(14-16-24)17-9-5-4-6-10-17/h17-19H,4-16H2,1-3H3,(H,22,25). The van der Waals surface area contributed by atoms with E-state index >= 15 is 0 Å². The fourth-order valence-electron chi connectivity index (χ4n) is 5.06. The highest BCUT2D eigenvalue weighted by Crippen LogP contribution is 2.27. The number of hydrogen-bond acceptors (Lipinski definition) is 4. The Balaban J connectivity index is 1.51. The molecule has 0 radical (unpaired) electrons. The first-order chi connectivity index (χ1) is 12.4. The molecule has 3 aliphatic rings. The van der Waals surface area contributed by atoms with Gasteiger partial charge in [-0.25, -0.2) is 4.79 Å². The van der Waals surface area contributed by atoms with Gasteiger partial charge in [-0.1, -0.05) is 32.1 Å². The van der Waals surface area contributed by atoms with Crippen molar-refractivity contribution in [1.29, 1.82) is 0 Å². The number of rotatable bonds is 3. The highest BCUT2D eigenvalue weighted by atomic mass is 16.6. The Morgan fingerprint density at radius 2 is 1.42 bits per heavy atom. The second-order valence-corrected chi connectivity index (χ2v) is 9.47. The lowest BCUT2D eigenvalue weighted by atomic mass is 9.88. The summed E-state index contributed by atoms with van der Waals surface area (Å²) in [5, 5.41) is 3.18. The highest BCUT2D eigenvalue weighted by Gasteiger charge is 2.35. The van der Waals surface area contributed by atoms with E-state index in [0.717, 1.165) is 25.6 Å². The van der Waals surface area contributed by atoms with E-state index in [-0.39, 0.29) is 12.1 Å². The lowest BCUT2D eigenvalue weighted by molar-refractivity contribution is 0.0239. The molecule has 3 rings (SSSR count). The van der Waals surface area contributed by atoms with Crippen molar-refractivity contribution in [3.05, 3.63) is 0 Å². The van der Waals surface area contributed by atoms with Crippen molar-refractivity contribution in [3.63, 3.8) is 0 Å². The van der Waals surface area contributed by atoms with E-state index in [9.17, 15) is 4.79 Å². The van der Waals surface area contributed by atoms with Crippen LogP contribution in [0.15, 0.2) is 0 Å². The number of amides is 1. The number of nitrogens with zero attached hydrogens (tertiary/aromatic N) is 2. The SMILES string of the molecule is CC(C)(C)OC(=O)NC1CCCCC1N1CCN(C2CCCCC2)CC1.